The number of para-hydroxylation sites is 1. The summed E-state index contributed by atoms with van der Waals surface area (Å²) >= 11 is 0. The number of fused-ring (bicyclic) bond motifs is 1. The molecule has 0 saturated carbocycles. The highest BCUT2D eigenvalue weighted by atomic mass is 16.5. The molecule has 2 aromatic heterocycles. The molecule has 30 heavy (non-hydrogen) atoms. The van der Waals surface area contributed by atoms with Gasteiger partial charge in [0.25, 0.3) is 5.56 Å². The number of carbonyl (C=O) groups excluding carboxylic acids is 2. The second-order valence-corrected chi connectivity index (χ2v) is 7.52. The number of esters is 1. The van der Waals surface area contributed by atoms with Crippen molar-refractivity contribution < 1.29 is 14.3 Å². The van der Waals surface area contributed by atoms with Crippen molar-refractivity contribution in [1.29, 1.82) is 0 Å². The Balaban J connectivity index is 1.45. The van der Waals surface area contributed by atoms with Gasteiger partial charge in [-0.2, -0.15) is 0 Å². The first-order valence-electron chi connectivity index (χ1n) is 10.00. The molecule has 0 unspecified atom stereocenters. The predicted octanol–water partition coefficient (Wildman–Crippen LogP) is 2.66. The highest BCUT2D eigenvalue weighted by Gasteiger charge is 2.36. The fourth-order valence-electron chi connectivity index (χ4n) is 3.77. The van der Waals surface area contributed by atoms with Gasteiger partial charge in [0, 0.05) is 30.9 Å². The van der Waals surface area contributed by atoms with E-state index in [0.717, 1.165) is 23.2 Å². The third-order valence-corrected chi connectivity index (χ3v) is 5.34. The average molecular weight is 405 g/mol. The first-order valence-corrected chi connectivity index (χ1v) is 10.00. The number of aromatic nitrogens is 2. The van der Waals surface area contributed by atoms with Crippen LogP contribution in [0.5, 0.6) is 0 Å². The van der Waals surface area contributed by atoms with E-state index in [0.29, 0.717) is 17.9 Å². The van der Waals surface area contributed by atoms with Crippen molar-refractivity contribution in [2.45, 2.75) is 33.3 Å². The molecule has 0 N–H and O–H groups in total. The minimum absolute atomic E-state index is 0.0877. The van der Waals surface area contributed by atoms with Crippen LogP contribution in [0.15, 0.2) is 53.5 Å². The van der Waals surface area contributed by atoms with Gasteiger partial charge < -0.3 is 9.64 Å². The monoisotopic (exact) mass is 405 g/mol. The molecule has 1 amide bonds. The standard InChI is InChI=1S/C23H23N3O4/c1-3-16-6-4-5-7-19(16)25-13-17(10-21(25)27)23(29)30-14-18-11-22(28)26-12-15(2)8-9-20(26)24-18/h4-9,11-12,17H,3,10,13-14H2,1-2H3/t17-/m1/s1. The van der Waals surface area contributed by atoms with Crippen LogP contribution < -0.4 is 10.5 Å². The molecular weight excluding hydrogens is 382 g/mol. The second kappa shape index (κ2) is 8.10. The number of ether oxygens (including phenoxy) is 1. The Bertz CT molecular complexity index is 1180. The number of anilines is 1. The van der Waals surface area contributed by atoms with E-state index >= 15 is 0 Å². The summed E-state index contributed by atoms with van der Waals surface area (Å²) in [6.07, 6.45) is 2.63. The van der Waals surface area contributed by atoms with Crippen molar-refractivity contribution >= 4 is 23.2 Å². The molecule has 0 radical (unpaired) electrons. The number of hydrogen-bond acceptors (Lipinski definition) is 5. The average Bonchev–Trinajstić information content (AvgIpc) is 3.14. The number of pyridine rings is 1. The molecule has 1 fully saturated rings. The van der Waals surface area contributed by atoms with Crippen molar-refractivity contribution in [3.63, 3.8) is 0 Å². The number of rotatable bonds is 5. The smallest absolute Gasteiger partial charge is 0.311 e. The maximum atomic E-state index is 12.6. The Morgan fingerprint density at radius 3 is 2.80 bits per heavy atom. The third-order valence-electron chi connectivity index (χ3n) is 5.34. The molecule has 0 aliphatic carbocycles. The van der Waals surface area contributed by atoms with E-state index in [4.69, 9.17) is 4.74 Å². The molecule has 1 aromatic carbocycles. The molecule has 1 saturated heterocycles. The van der Waals surface area contributed by atoms with Gasteiger partial charge in [-0.1, -0.05) is 31.2 Å². The predicted molar refractivity (Wildman–Crippen MR) is 112 cm³/mol. The van der Waals surface area contributed by atoms with Crippen LogP contribution in [-0.4, -0.2) is 27.8 Å². The SMILES string of the molecule is CCc1ccccc1N1C[C@H](C(=O)OCc2cc(=O)n3cc(C)ccc3n2)CC1=O. The van der Waals surface area contributed by atoms with Crippen molar-refractivity contribution in [3.8, 4) is 0 Å². The fourth-order valence-corrected chi connectivity index (χ4v) is 3.77. The molecule has 1 aliphatic rings. The third kappa shape index (κ3) is 3.83. The van der Waals surface area contributed by atoms with E-state index in [1.165, 1.54) is 10.5 Å². The lowest BCUT2D eigenvalue weighted by atomic mass is 10.1. The maximum Gasteiger partial charge on any atom is 0.311 e. The quantitative estimate of drug-likeness (QED) is 0.610. The van der Waals surface area contributed by atoms with Crippen LogP contribution in [0.3, 0.4) is 0 Å². The summed E-state index contributed by atoms with van der Waals surface area (Å²) in [6, 6.07) is 12.7. The van der Waals surface area contributed by atoms with E-state index in [9.17, 15) is 14.4 Å². The summed E-state index contributed by atoms with van der Waals surface area (Å²) in [5.41, 5.74) is 3.52. The second-order valence-electron chi connectivity index (χ2n) is 7.52. The topological polar surface area (TPSA) is 81.0 Å². The van der Waals surface area contributed by atoms with Crippen LogP contribution in [0.4, 0.5) is 5.69 Å². The van der Waals surface area contributed by atoms with E-state index in [2.05, 4.69) is 4.98 Å². The Hall–Kier alpha value is -3.48. The van der Waals surface area contributed by atoms with Gasteiger partial charge in [0.1, 0.15) is 12.3 Å². The number of benzene rings is 1. The molecular formula is C23H23N3O4. The number of hydrogen-bond donors (Lipinski definition) is 0. The molecule has 0 bridgehead atoms. The first kappa shape index (κ1) is 19.8. The van der Waals surface area contributed by atoms with Crippen molar-refractivity contribution in [2.75, 3.05) is 11.4 Å². The summed E-state index contributed by atoms with van der Waals surface area (Å²) in [5, 5.41) is 0. The summed E-state index contributed by atoms with van der Waals surface area (Å²) in [5.74, 6) is -1.08. The van der Waals surface area contributed by atoms with Crippen LogP contribution >= 0.6 is 0 Å². The fraction of sp³-hybridized carbons (Fsp3) is 0.304. The highest BCUT2D eigenvalue weighted by molar-refractivity contribution is 6.00. The zero-order chi connectivity index (χ0) is 21.3. The van der Waals surface area contributed by atoms with Gasteiger partial charge in [0.05, 0.1) is 11.6 Å². The molecule has 154 valence electrons. The minimum Gasteiger partial charge on any atom is -0.459 e. The largest absolute Gasteiger partial charge is 0.459 e. The summed E-state index contributed by atoms with van der Waals surface area (Å²) in [6.45, 7) is 4.12. The first-order chi connectivity index (χ1) is 14.5. The van der Waals surface area contributed by atoms with Crippen molar-refractivity contribution in [2.24, 2.45) is 5.92 Å². The number of aryl methyl sites for hydroxylation is 2. The van der Waals surface area contributed by atoms with E-state index in [1.54, 1.807) is 17.2 Å². The number of carbonyl (C=O) groups is 2. The normalized spacial score (nSPS) is 16.3. The molecule has 3 aromatic rings. The molecule has 1 aliphatic heterocycles. The van der Waals surface area contributed by atoms with Gasteiger partial charge in [0.15, 0.2) is 0 Å². The maximum absolute atomic E-state index is 12.6. The van der Waals surface area contributed by atoms with Crippen molar-refractivity contribution in [3.05, 3.63) is 75.8 Å². The Labute approximate surface area is 173 Å². The Kier molecular flexibility index (Phi) is 5.35. The zero-order valence-electron chi connectivity index (χ0n) is 17.0. The van der Waals surface area contributed by atoms with E-state index in [1.807, 2.05) is 44.2 Å². The van der Waals surface area contributed by atoms with Crippen LogP contribution in [0, 0.1) is 12.8 Å². The van der Waals surface area contributed by atoms with Crippen LogP contribution in [0.1, 0.15) is 30.2 Å². The number of nitrogens with zero attached hydrogens (tertiary/aromatic N) is 3. The lowest BCUT2D eigenvalue weighted by molar-refractivity contribution is -0.149. The molecule has 1 atom stereocenters. The van der Waals surface area contributed by atoms with E-state index in [-0.39, 0.29) is 24.5 Å². The van der Waals surface area contributed by atoms with Crippen LogP contribution in [-0.2, 0) is 27.4 Å². The highest BCUT2D eigenvalue weighted by Crippen LogP contribution is 2.29. The lowest BCUT2D eigenvalue weighted by Gasteiger charge is -2.19. The van der Waals surface area contributed by atoms with Gasteiger partial charge in [-0.25, -0.2) is 4.98 Å². The van der Waals surface area contributed by atoms with Crippen molar-refractivity contribution in [1.82, 2.24) is 9.38 Å². The van der Waals surface area contributed by atoms with Gasteiger partial charge in [-0.05, 0) is 36.6 Å². The summed E-state index contributed by atoms with van der Waals surface area (Å²) in [4.78, 5) is 43.4. The van der Waals surface area contributed by atoms with Gasteiger partial charge in [0.2, 0.25) is 5.91 Å². The van der Waals surface area contributed by atoms with Crippen LogP contribution in [0.25, 0.3) is 5.65 Å². The van der Waals surface area contributed by atoms with Gasteiger partial charge in [-0.3, -0.25) is 18.8 Å². The molecule has 4 rings (SSSR count). The number of amides is 1. The lowest BCUT2D eigenvalue weighted by Crippen LogP contribution is -2.27. The van der Waals surface area contributed by atoms with E-state index < -0.39 is 11.9 Å². The zero-order valence-corrected chi connectivity index (χ0v) is 17.0. The van der Waals surface area contributed by atoms with Gasteiger partial charge >= 0.3 is 5.97 Å². The molecule has 7 heteroatoms. The Morgan fingerprint density at radius 1 is 1.20 bits per heavy atom. The van der Waals surface area contributed by atoms with Gasteiger partial charge in [-0.15, -0.1) is 0 Å². The molecule has 7 nitrogen and oxygen atoms in total. The summed E-state index contributed by atoms with van der Waals surface area (Å²) < 4.78 is 6.86. The molecule has 0 spiro atoms. The Morgan fingerprint density at radius 2 is 2.00 bits per heavy atom. The summed E-state index contributed by atoms with van der Waals surface area (Å²) in [7, 11) is 0. The molecule has 3 heterocycles. The minimum atomic E-state index is -0.536. The van der Waals surface area contributed by atoms with Crippen LogP contribution in [0.2, 0.25) is 0 Å².